The van der Waals surface area contributed by atoms with Crippen molar-refractivity contribution < 1.29 is 31.8 Å². The Kier molecular flexibility index (Phi) is 8.71. The summed E-state index contributed by atoms with van der Waals surface area (Å²) in [5.74, 6) is -5.53. The van der Waals surface area contributed by atoms with E-state index < -0.39 is 28.2 Å². The van der Waals surface area contributed by atoms with E-state index in [4.69, 9.17) is 9.47 Å². The zero-order chi connectivity index (χ0) is 26.7. The van der Waals surface area contributed by atoms with Crippen LogP contribution in [0.2, 0.25) is 0 Å². The van der Waals surface area contributed by atoms with Crippen LogP contribution in [0.25, 0.3) is 0 Å². The van der Waals surface area contributed by atoms with Gasteiger partial charge in [-0.1, -0.05) is 13.2 Å². The molecule has 2 aliphatic rings. The summed E-state index contributed by atoms with van der Waals surface area (Å²) >= 11 is 1.47. The number of nitrogens with zero attached hydrogens (tertiary/aromatic N) is 1. The summed E-state index contributed by atoms with van der Waals surface area (Å²) in [5, 5.41) is 2.53. The van der Waals surface area contributed by atoms with Crippen LogP contribution < -0.4 is 5.32 Å². The molecule has 1 aromatic carbocycles. The predicted octanol–water partition coefficient (Wildman–Crippen LogP) is 6.59. The first-order valence-corrected chi connectivity index (χ1v) is 12.2. The molecule has 10 heteroatoms. The highest BCUT2D eigenvalue weighted by atomic mass is 32.2. The van der Waals surface area contributed by atoms with E-state index >= 15 is 0 Å². The fourth-order valence-electron chi connectivity index (χ4n) is 4.26. The third-order valence-electron chi connectivity index (χ3n) is 6.01. The lowest BCUT2D eigenvalue weighted by Crippen LogP contribution is -2.37. The molecule has 2 aliphatic carbocycles. The van der Waals surface area contributed by atoms with E-state index in [-0.39, 0.29) is 48.2 Å². The summed E-state index contributed by atoms with van der Waals surface area (Å²) in [5.41, 5.74) is 0.140. The molecule has 0 spiro atoms. The number of rotatable bonds is 12. The Morgan fingerprint density at radius 1 is 1.28 bits per heavy atom. The number of anilines is 1. The lowest BCUT2D eigenvalue weighted by Gasteiger charge is -2.34. The summed E-state index contributed by atoms with van der Waals surface area (Å²) in [7, 11) is 1.55. The molecule has 0 saturated heterocycles. The third kappa shape index (κ3) is 6.79. The second-order valence-corrected chi connectivity index (χ2v) is 11.0. The first-order valence-electron chi connectivity index (χ1n) is 11.4. The Hall–Kier alpha value is -2.59. The molecular formula is C26H30F4N2O3S. The maximum Gasteiger partial charge on any atom is 0.274 e. The molecular weight excluding hydrogens is 496 g/mol. The van der Waals surface area contributed by atoms with E-state index in [2.05, 4.69) is 23.5 Å². The minimum Gasteiger partial charge on any atom is -0.496 e. The Labute approximate surface area is 212 Å². The van der Waals surface area contributed by atoms with Crippen molar-refractivity contribution in [1.82, 2.24) is 0 Å². The highest BCUT2D eigenvalue weighted by Gasteiger charge is 2.57. The molecule has 2 fully saturated rings. The van der Waals surface area contributed by atoms with Gasteiger partial charge in [-0.3, -0.25) is 4.79 Å². The van der Waals surface area contributed by atoms with Gasteiger partial charge in [0, 0.05) is 43.5 Å². The number of carbonyl (C=O) groups is 1. The van der Waals surface area contributed by atoms with Gasteiger partial charge >= 0.3 is 0 Å². The number of methoxy groups -OCH3 is 1. The van der Waals surface area contributed by atoms with Crippen LogP contribution in [0.3, 0.4) is 0 Å². The maximum absolute atomic E-state index is 14.7. The molecule has 1 N–H and O–H groups in total. The minimum absolute atomic E-state index is 0.0739. The fourth-order valence-corrected chi connectivity index (χ4v) is 5.65. The molecule has 2 saturated carbocycles. The molecule has 1 aromatic rings. The summed E-state index contributed by atoms with van der Waals surface area (Å²) in [4.78, 5) is 17.6. The lowest BCUT2D eigenvalue weighted by molar-refractivity contribution is -0.123. The number of allylic oxidation sites excluding steroid dienone is 2. The molecule has 1 unspecified atom stereocenters. The van der Waals surface area contributed by atoms with Gasteiger partial charge in [0.15, 0.2) is 11.6 Å². The summed E-state index contributed by atoms with van der Waals surface area (Å²) in [6.07, 6.45) is 2.65. The second-order valence-electron chi connectivity index (χ2n) is 9.27. The Morgan fingerprint density at radius 3 is 2.56 bits per heavy atom. The lowest BCUT2D eigenvalue weighted by atomic mass is 9.82. The van der Waals surface area contributed by atoms with Gasteiger partial charge in [0.05, 0.1) is 24.2 Å². The van der Waals surface area contributed by atoms with Crippen molar-refractivity contribution in [3.8, 4) is 0 Å². The number of aliphatic imine (C=N–C) groups is 1. The number of nitrogens with one attached hydrogen (secondary N) is 1. The SMILES string of the molecule is C=CC(=N/C=C(\C)OCC1CC(F)(F)C1)C(=O)Nc1cc(F)c(F)c(C2C[C@]2(COC)SC(=C)C)c1. The standard InChI is InChI=1S/C26H30F4N2O3S/c1-6-22(31-12-16(4)35-13-17-9-26(29,30)10-17)24(33)32-18-7-19(23(28)21(27)8-18)20-11-25(20,14-34-5)36-15(2)3/h6-8,12,17,20H,1-2,9-11,13-14H2,3-5H3,(H,32,33)/b16-12+,31-22?/t20?,25-/m1/s1. The van der Waals surface area contributed by atoms with E-state index in [9.17, 15) is 22.4 Å². The van der Waals surface area contributed by atoms with Crippen LogP contribution in [0.4, 0.5) is 23.2 Å². The number of amides is 1. The monoisotopic (exact) mass is 526 g/mol. The van der Waals surface area contributed by atoms with Crippen molar-refractivity contribution in [3.05, 3.63) is 65.4 Å². The van der Waals surface area contributed by atoms with E-state index in [1.807, 2.05) is 6.92 Å². The van der Waals surface area contributed by atoms with Crippen molar-refractivity contribution in [2.24, 2.45) is 10.9 Å². The second kappa shape index (κ2) is 11.2. The zero-order valence-corrected chi connectivity index (χ0v) is 21.3. The van der Waals surface area contributed by atoms with Crippen LogP contribution in [-0.4, -0.2) is 42.6 Å². The van der Waals surface area contributed by atoms with Gasteiger partial charge in [-0.2, -0.15) is 0 Å². The number of halogens is 4. The average molecular weight is 527 g/mol. The van der Waals surface area contributed by atoms with Crippen LogP contribution in [0.5, 0.6) is 0 Å². The topological polar surface area (TPSA) is 59.9 Å². The molecule has 0 radical (unpaired) electrons. The predicted molar refractivity (Wildman–Crippen MR) is 134 cm³/mol. The van der Waals surface area contributed by atoms with Crippen LogP contribution >= 0.6 is 11.8 Å². The van der Waals surface area contributed by atoms with Gasteiger partial charge in [-0.25, -0.2) is 22.6 Å². The molecule has 1 amide bonds. The number of alkyl halides is 2. The Balaban J connectivity index is 1.69. The normalized spacial score (nSPS) is 23.6. The highest BCUT2D eigenvalue weighted by molar-refractivity contribution is 8.04. The fraction of sp³-hybridized carbons (Fsp3) is 0.462. The van der Waals surface area contributed by atoms with Crippen LogP contribution in [-0.2, 0) is 14.3 Å². The minimum atomic E-state index is -2.62. The molecule has 0 heterocycles. The van der Waals surface area contributed by atoms with Gasteiger partial charge in [0.1, 0.15) is 11.5 Å². The van der Waals surface area contributed by atoms with Crippen LogP contribution in [0, 0.1) is 17.6 Å². The molecule has 36 heavy (non-hydrogen) atoms. The van der Waals surface area contributed by atoms with E-state index in [1.165, 1.54) is 30.1 Å². The zero-order valence-electron chi connectivity index (χ0n) is 20.5. The quantitative estimate of drug-likeness (QED) is 0.190. The third-order valence-corrected chi connectivity index (χ3v) is 7.34. The molecule has 2 atom stereocenters. The number of benzene rings is 1. The molecule has 0 aliphatic heterocycles. The van der Waals surface area contributed by atoms with Gasteiger partial charge in [0.25, 0.3) is 5.91 Å². The number of carbonyl (C=O) groups excluding carboxylic acids is 1. The molecule has 3 rings (SSSR count). The van der Waals surface area contributed by atoms with Crippen LogP contribution in [0.1, 0.15) is 44.6 Å². The average Bonchev–Trinajstić information content (AvgIpc) is 3.45. The number of ether oxygens (including phenoxy) is 2. The van der Waals surface area contributed by atoms with Crippen molar-refractivity contribution >= 4 is 29.1 Å². The molecule has 0 aromatic heterocycles. The highest BCUT2D eigenvalue weighted by Crippen LogP contribution is 2.62. The largest absolute Gasteiger partial charge is 0.496 e. The van der Waals surface area contributed by atoms with Gasteiger partial charge in [-0.15, -0.1) is 11.8 Å². The van der Waals surface area contributed by atoms with E-state index in [0.29, 0.717) is 18.8 Å². The van der Waals surface area contributed by atoms with Crippen molar-refractivity contribution in [1.29, 1.82) is 0 Å². The number of thioether (sulfide) groups is 1. The molecule has 196 valence electrons. The summed E-state index contributed by atoms with van der Waals surface area (Å²) in [6, 6.07) is 2.32. The van der Waals surface area contributed by atoms with Crippen molar-refractivity contribution in [2.45, 2.75) is 49.7 Å². The Morgan fingerprint density at radius 2 is 1.97 bits per heavy atom. The maximum atomic E-state index is 14.7. The van der Waals surface area contributed by atoms with Gasteiger partial charge in [0.2, 0.25) is 5.92 Å². The number of hydrogen-bond donors (Lipinski definition) is 1. The van der Waals surface area contributed by atoms with Gasteiger partial charge < -0.3 is 14.8 Å². The van der Waals surface area contributed by atoms with Crippen LogP contribution in [0.15, 0.2) is 53.2 Å². The van der Waals surface area contributed by atoms with E-state index in [1.54, 1.807) is 14.0 Å². The Bertz CT molecular complexity index is 1100. The number of hydrogen-bond acceptors (Lipinski definition) is 5. The first-order chi connectivity index (χ1) is 16.9. The smallest absolute Gasteiger partial charge is 0.274 e. The van der Waals surface area contributed by atoms with Crippen molar-refractivity contribution in [2.75, 3.05) is 25.6 Å². The van der Waals surface area contributed by atoms with E-state index in [0.717, 1.165) is 11.0 Å². The van der Waals surface area contributed by atoms with Crippen molar-refractivity contribution in [3.63, 3.8) is 0 Å². The molecule has 5 nitrogen and oxygen atoms in total. The molecule has 0 bridgehead atoms. The first kappa shape index (κ1) is 28.0. The van der Waals surface area contributed by atoms with Gasteiger partial charge in [-0.05, 0) is 42.9 Å². The summed E-state index contributed by atoms with van der Waals surface area (Å²) < 4.78 is 65.3. The summed E-state index contributed by atoms with van der Waals surface area (Å²) in [6.45, 7) is 11.4.